The quantitative estimate of drug-likeness (QED) is 0.270. The number of benzene rings is 3. The van der Waals surface area contributed by atoms with Gasteiger partial charge in [-0.3, -0.25) is 13.9 Å². The first-order valence-corrected chi connectivity index (χ1v) is 15.8. The average molecular weight is 665 g/mol. The monoisotopic (exact) mass is 664 g/mol. The Bertz CT molecular complexity index is 2010. The van der Waals surface area contributed by atoms with E-state index in [2.05, 4.69) is 0 Å². The van der Waals surface area contributed by atoms with E-state index in [4.69, 9.17) is 10.5 Å². The van der Waals surface area contributed by atoms with Gasteiger partial charge < -0.3 is 10.5 Å². The summed E-state index contributed by atoms with van der Waals surface area (Å²) in [6.45, 7) is -0.168. The van der Waals surface area contributed by atoms with Gasteiger partial charge in [-0.1, -0.05) is 48.5 Å². The Morgan fingerprint density at radius 1 is 0.957 bits per heavy atom. The molecule has 1 saturated heterocycles. The maximum atomic E-state index is 16.0. The predicted octanol–water partition coefficient (Wildman–Crippen LogP) is 4.05. The topological polar surface area (TPSA) is 117 Å². The first-order chi connectivity index (χ1) is 21.6. The number of hydrogen-bond acceptors (Lipinski definition) is 6. The second-order valence-corrected chi connectivity index (χ2v) is 12.9. The highest BCUT2D eigenvalue weighted by Gasteiger charge is 2.37. The summed E-state index contributed by atoms with van der Waals surface area (Å²) >= 11 is 0. The maximum Gasteiger partial charge on any atom is 0.416 e. The molecule has 9 nitrogen and oxygen atoms in total. The average Bonchev–Trinajstić information content (AvgIpc) is 2.96. The van der Waals surface area contributed by atoms with E-state index in [1.165, 1.54) is 25.1 Å². The first-order valence-electron chi connectivity index (χ1n) is 14.0. The van der Waals surface area contributed by atoms with Crippen LogP contribution in [-0.4, -0.2) is 47.3 Å². The molecule has 0 bridgehead atoms. The van der Waals surface area contributed by atoms with Crippen molar-refractivity contribution in [1.29, 1.82) is 0 Å². The molecular formula is C31H29F5N4O5S. The van der Waals surface area contributed by atoms with Gasteiger partial charge in [-0.25, -0.2) is 22.0 Å². The Hall–Kier alpha value is -4.34. The van der Waals surface area contributed by atoms with E-state index in [1.54, 1.807) is 30.3 Å². The van der Waals surface area contributed by atoms with Crippen LogP contribution in [0.1, 0.15) is 28.4 Å². The standard InChI is InChI=1S/C31H29F5N4O5S/c1-18-27(21-10-6-13-26(28(21)33)45-20-14-38(15-20)46(2,43)44)29(41)40(17-25(37)19-8-4-3-5-9-19)30(42)39(18)16-22-23(31(34,35)36)11-7-12-24(22)32/h3-13,20,25H,14-17,37H2,1-2H3. The molecule has 0 spiro atoms. The summed E-state index contributed by atoms with van der Waals surface area (Å²) in [4.78, 5) is 27.7. The van der Waals surface area contributed by atoms with Gasteiger partial charge in [0.2, 0.25) is 10.0 Å². The van der Waals surface area contributed by atoms with Gasteiger partial charge in [-0.15, -0.1) is 0 Å². The zero-order valence-electron chi connectivity index (χ0n) is 24.6. The number of halogens is 5. The molecule has 4 aromatic rings. The molecule has 0 aliphatic carbocycles. The van der Waals surface area contributed by atoms with Crippen molar-refractivity contribution in [3.8, 4) is 16.9 Å². The van der Waals surface area contributed by atoms with Crippen LogP contribution < -0.4 is 21.7 Å². The van der Waals surface area contributed by atoms with E-state index >= 15 is 4.39 Å². The van der Waals surface area contributed by atoms with Gasteiger partial charge in [0.1, 0.15) is 11.9 Å². The molecule has 2 heterocycles. The molecule has 1 unspecified atom stereocenters. The lowest BCUT2D eigenvalue weighted by atomic mass is 10.0. The van der Waals surface area contributed by atoms with Gasteiger partial charge in [0.25, 0.3) is 5.56 Å². The zero-order chi connectivity index (χ0) is 33.6. The van der Waals surface area contributed by atoms with Crippen molar-refractivity contribution in [2.75, 3.05) is 19.3 Å². The number of nitrogens with two attached hydrogens (primary N) is 1. The molecule has 0 radical (unpaired) electrons. The van der Waals surface area contributed by atoms with Crippen LogP contribution in [0, 0.1) is 18.6 Å². The molecular weight excluding hydrogens is 635 g/mol. The Morgan fingerprint density at radius 2 is 1.61 bits per heavy atom. The smallest absolute Gasteiger partial charge is 0.416 e. The molecule has 5 rings (SSSR count). The van der Waals surface area contributed by atoms with Crippen molar-refractivity contribution in [2.24, 2.45) is 5.73 Å². The summed E-state index contributed by atoms with van der Waals surface area (Å²) in [5.74, 6) is -2.56. The lowest BCUT2D eigenvalue weighted by Crippen LogP contribution is -2.55. The van der Waals surface area contributed by atoms with Crippen LogP contribution >= 0.6 is 0 Å². The van der Waals surface area contributed by atoms with Crippen molar-refractivity contribution >= 4 is 10.0 Å². The molecule has 15 heteroatoms. The fourth-order valence-corrected chi connectivity index (χ4v) is 6.20. The minimum absolute atomic E-state index is 0.0270. The fraction of sp³-hybridized carbons (Fsp3) is 0.290. The second-order valence-electron chi connectivity index (χ2n) is 11.0. The fourth-order valence-electron chi connectivity index (χ4n) is 5.32. The molecule has 1 fully saturated rings. The van der Waals surface area contributed by atoms with Crippen LogP contribution in [0.4, 0.5) is 22.0 Å². The van der Waals surface area contributed by atoms with Crippen molar-refractivity contribution < 1.29 is 35.1 Å². The highest BCUT2D eigenvalue weighted by molar-refractivity contribution is 7.88. The Balaban J connectivity index is 1.66. The van der Waals surface area contributed by atoms with Crippen LogP contribution in [0.15, 0.2) is 76.3 Å². The summed E-state index contributed by atoms with van der Waals surface area (Å²) in [5, 5.41) is 0. The number of nitrogens with zero attached hydrogens (tertiary/aromatic N) is 3. The number of alkyl halides is 3. The third-order valence-corrected chi connectivity index (χ3v) is 9.08. The molecule has 2 N–H and O–H groups in total. The predicted molar refractivity (Wildman–Crippen MR) is 160 cm³/mol. The number of aromatic nitrogens is 2. The molecule has 1 aromatic heterocycles. The van der Waals surface area contributed by atoms with Crippen molar-refractivity contribution in [3.63, 3.8) is 0 Å². The molecule has 3 aromatic carbocycles. The van der Waals surface area contributed by atoms with Gasteiger partial charge in [-0.05, 0) is 30.7 Å². The molecule has 0 saturated carbocycles. The normalized spacial score (nSPS) is 15.0. The van der Waals surface area contributed by atoms with Gasteiger partial charge in [0.05, 0.1) is 43.6 Å². The largest absolute Gasteiger partial charge is 0.485 e. The molecule has 46 heavy (non-hydrogen) atoms. The van der Waals surface area contributed by atoms with Gasteiger partial charge in [-0.2, -0.15) is 17.5 Å². The lowest BCUT2D eigenvalue weighted by molar-refractivity contribution is -0.138. The molecule has 244 valence electrons. The van der Waals surface area contributed by atoms with Crippen molar-refractivity contribution in [3.05, 3.63) is 122 Å². The summed E-state index contributed by atoms with van der Waals surface area (Å²) < 4.78 is 104. The van der Waals surface area contributed by atoms with Crippen LogP contribution in [0.5, 0.6) is 5.75 Å². The van der Waals surface area contributed by atoms with E-state index in [0.29, 0.717) is 16.2 Å². The number of ether oxygens (including phenoxy) is 1. The van der Waals surface area contributed by atoms with E-state index in [-0.39, 0.29) is 35.7 Å². The van der Waals surface area contributed by atoms with E-state index in [0.717, 1.165) is 27.3 Å². The minimum atomic E-state index is -4.96. The van der Waals surface area contributed by atoms with Gasteiger partial charge >= 0.3 is 11.9 Å². The third kappa shape index (κ3) is 6.48. The molecule has 1 atom stereocenters. The first kappa shape index (κ1) is 33.0. The lowest BCUT2D eigenvalue weighted by Gasteiger charge is -2.37. The van der Waals surface area contributed by atoms with Crippen LogP contribution in [0.2, 0.25) is 0 Å². The summed E-state index contributed by atoms with van der Waals surface area (Å²) in [6, 6.07) is 13.7. The molecule has 1 aliphatic rings. The third-order valence-electron chi connectivity index (χ3n) is 7.84. The Kier molecular flexibility index (Phi) is 8.94. The highest BCUT2D eigenvalue weighted by Crippen LogP contribution is 2.35. The summed E-state index contributed by atoms with van der Waals surface area (Å²) in [6.07, 6.45) is -4.62. The molecule has 0 amide bonds. The highest BCUT2D eigenvalue weighted by atomic mass is 32.2. The number of rotatable bonds is 9. The van der Waals surface area contributed by atoms with Crippen molar-refractivity contribution in [2.45, 2.75) is 38.3 Å². The summed E-state index contributed by atoms with van der Waals surface area (Å²) in [5.41, 5.74) is 1.72. The number of sulfonamides is 1. The van der Waals surface area contributed by atoms with Gasteiger partial charge in [0, 0.05) is 22.9 Å². The van der Waals surface area contributed by atoms with E-state index < -0.39 is 75.4 Å². The molecule has 1 aliphatic heterocycles. The van der Waals surface area contributed by atoms with Crippen LogP contribution in [-0.2, 0) is 29.3 Å². The second kappa shape index (κ2) is 12.5. The van der Waals surface area contributed by atoms with Crippen molar-refractivity contribution in [1.82, 2.24) is 13.4 Å². The van der Waals surface area contributed by atoms with E-state index in [1.807, 2.05) is 0 Å². The minimum Gasteiger partial charge on any atom is -0.485 e. The van der Waals surface area contributed by atoms with Gasteiger partial charge in [0.15, 0.2) is 11.6 Å². The SMILES string of the molecule is Cc1c(-c2cccc(OC3CN(S(C)(=O)=O)C3)c2F)c(=O)n(CC(N)c2ccccc2)c(=O)n1Cc1c(F)cccc1C(F)(F)F. The number of hydrogen-bond donors (Lipinski definition) is 1. The maximum absolute atomic E-state index is 16.0. The Labute approximate surface area is 260 Å². The van der Waals surface area contributed by atoms with Crippen LogP contribution in [0.25, 0.3) is 11.1 Å². The Morgan fingerprint density at radius 3 is 2.24 bits per heavy atom. The van der Waals surface area contributed by atoms with E-state index in [9.17, 15) is 35.6 Å². The zero-order valence-corrected chi connectivity index (χ0v) is 25.4. The summed E-state index contributed by atoms with van der Waals surface area (Å²) in [7, 11) is -3.47. The van der Waals surface area contributed by atoms with Crippen LogP contribution in [0.3, 0.4) is 0 Å².